The van der Waals surface area contributed by atoms with Crippen molar-refractivity contribution in [2.24, 2.45) is 0 Å². The minimum Gasteiger partial charge on any atom is -0.451 e. The Hall–Kier alpha value is -2.08. The van der Waals surface area contributed by atoms with Gasteiger partial charge in [-0.1, -0.05) is 6.07 Å². The molecule has 0 saturated carbocycles. The summed E-state index contributed by atoms with van der Waals surface area (Å²) in [5, 5.41) is 2.66. The lowest BCUT2D eigenvalue weighted by molar-refractivity contribution is -0.119. The summed E-state index contributed by atoms with van der Waals surface area (Å²) in [6.45, 7) is 1.62. The summed E-state index contributed by atoms with van der Waals surface area (Å²) < 4.78 is 5.67. The molecule has 0 radical (unpaired) electrons. The maximum Gasteiger partial charge on any atom is 0.355 e. The fourth-order valence-corrected chi connectivity index (χ4v) is 2.17. The van der Waals surface area contributed by atoms with Crippen LogP contribution in [0.1, 0.15) is 16.1 Å². The number of nitrogens with one attached hydrogen (secondary N) is 2. The number of halogens is 1. The number of benzene rings is 1. The van der Waals surface area contributed by atoms with Crippen molar-refractivity contribution in [2.45, 2.75) is 6.92 Å². The zero-order valence-corrected chi connectivity index (χ0v) is 12.4. The minimum absolute atomic E-state index is 0.314. The standard InChI is InChI=1S/C14H13BrN2O3/c1-9-4-5-11(10(15)7-9)17-13(18)8-20-14(19)12-3-2-6-16-12/h2-7,16H,8H2,1H3,(H,17,18). The van der Waals surface area contributed by atoms with Crippen LogP contribution in [0.25, 0.3) is 0 Å². The van der Waals surface area contributed by atoms with Crippen LogP contribution >= 0.6 is 15.9 Å². The average molecular weight is 337 g/mol. The van der Waals surface area contributed by atoms with Gasteiger partial charge in [-0.15, -0.1) is 0 Å². The van der Waals surface area contributed by atoms with Crippen molar-refractivity contribution in [1.29, 1.82) is 0 Å². The van der Waals surface area contributed by atoms with E-state index in [-0.39, 0.29) is 6.61 Å². The van der Waals surface area contributed by atoms with Gasteiger partial charge in [0.15, 0.2) is 6.61 Å². The van der Waals surface area contributed by atoms with Crippen LogP contribution < -0.4 is 5.32 Å². The molecule has 0 bridgehead atoms. The molecule has 6 heteroatoms. The Labute approximate surface area is 124 Å². The first-order chi connectivity index (χ1) is 9.56. The van der Waals surface area contributed by atoms with Crippen molar-refractivity contribution in [1.82, 2.24) is 4.98 Å². The number of aryl methyl sites for hydroxylation is 1. The van der Waals surface area contributed by atoms with Gasteiger partial charge in [-0.2, -0.15) is 0 Å². The van der Waals surface area contributed by atoms with Crippen LogP contribution in [0.4, 0.5) is 5.69 Å². The van der Waals surface area contributed by atoms with Gasteiger partial charge >= 0.3 is 5.97 Å². The van der Waals surface area contributed by atoms with E-state index in [9.17, 15) is 9.59 Å². The molecule has 1 heterocycles. The largest absolute Gasteiger partial charge is 0.451 e. The number of ether oxygens (including phenoxy) is 1. The second-order valence-corrected chi connectivity index (χ2v) is 5.05. The topological polar surface area (TPSA) is 71.2 Å². The molecule has 5 nitrogen and oxygen atoms in total. The third-order valence-electron chi connectivity index (χ3n) is 2.55. The van der Waals surface area contributed by atoms with Crippen molar-refractivity contribution >= 4 is 33.5 Å². The summed E-state index contributed by atoms with van der Waals surface area (Å²) in [5.74, 6) is -0.956. The third kappa shape index (κ3) is 3.71. The van der Waals surface area contributed by atoms with E-state index in [0.29, 0.717) is 11.4 Å². The Morgan fingerprint density at radius 3 is 2.80 bits per heavy atom. The molecule has 1 aromatic carbocycles. The van der Waals surface area contributed by atoms with Crippen LogP contribution in [0.3, 0.4) is 0 Å². The Bertz CT molecular complexity index is 623. The van der Waals surface area contributed by atoms with Crippen molar-refractivity contribution < 1.29 is 14.3 Å². The fraction of sp³-hybridized carbons (Fsp3) is 0.143. The molecule has 2 rings (SSSR count). The molecule has 1 amide bonds. The van der Waals surface area contributed by atoms with Crippen LogP contribution in [-0.4, -0.2) is 23.5 Å². The molecular weight excluding hydrogens is 324 g/mol. The second kappa shape index (κ2) is 6.38. The van der Waals surface area contributed by atoms with Crippen molar-refractivity contribution in [3.05, 3.63) is 52.3 Å². The van der Waals surface area contributed by atoms with Crippen molar-refractivity contribution in [2.75, 3.05) is 11.9 Å². The minimum atomic E-state index is -0.562. The highest BCUT2D eigenvalue weighted by atomic mass is 79.9. The molecule has 104 valence electrons. The van der Waals surface area contributed by atoms with Gasteiger partial charge in [0, 0.05) is 10.7 Å². The normalized spacial score (nSPS) is 10.1. The van der Waals surface area contributed by atoms with E-state index >= 15 is 0 Å². The maximum absolute atomic E-state index is 11.7. The summed E-state index contributed by atoms with van der Waals surface area (Å²) in [6.07, 6.45) is 1.61. The van der Waals surface area contributed by atoms with Gasteiger partial charge < -0.3 is 15.0 Å². The zero-order chi connectivity index (χ0) is 14.5. The lowest BCUT2D eigenvalue weighted by Crippen LogP contribution is -2.21. The molecule has 20 heavy (non-hydrogen) atoms. The number of hydrogen-bond donors (Lipinski definition) is 2. The van der Waals surface area contributed by atoms with Crippen molar-refractivity contribution in [3.63, 3.8) is 0 Å². The predicted octanol–water partition coefficient (Wildman–Crippen LogP) is 2.88. The molecule has 0 saturated heterocycles. The summed E-state index contributed by atoms with van der Waals surface area (Å²) in [7, 11) is 0. The number of amides is 1. The molecule has 0 aliphatic carbocycles. The van der Waals surface area contributed by atoms with Gasteiger partial charge in [-0.25, -0.2) is 4.79 Å². The van der Waals surface area contributed by atoms with Gasteiger partial charge in [0.05, 0.1) is 5.69 Å². The van der Waals surface area contributed by atoms with E-state index in [1.165, 1.54) is 0 Å². The second-order valence-electron chi connectivity index (χ2n) is 4.19. The monoisotopic (exact) mass is 336 g/mol. The molecule has 1 aromatic heterocycles. The van der Waals surface area contributed by atoms with E-state index in [1.807, 2.05) is 19.1 Å². The van der Waals surface area contributed by atoms with Gasteiger partial charge in [-0.05, 0) is 52.7 Å². The SMILES string of the molecule is Cc1ccc(NC(=O)COC(=O)c2ccc[nH]2)c(Br)c1. The third-order valence-corrected chi connectivity index (χ3v) is 3.21. The Morgan fingerprint density at radius 2 is 2.15 bits per heavy atom. The number of aromatic nitrogens is 1. The van der Waals surface area contributed by atoms with E-state index in [2.05, 4.69) is 26.2 Å². The highest BCUT2D eigenvalue weighted by molar-refractivity contribution is 9.10. The van der Waals surface area contributed by atoms with E-state index in [0.717, 1.165) is 10.0 Å². The Balaban J connectivity index is 1.88. The number of hydrogen-bond acceptors (Lipinski definition) is 3. The highest BCUT2D eigenvalue weighted by Crippen LogP contribution is 2.23. The van der Waals surface area contributed by atoms with E-state index in [1.54, 1.807) is 24.4 Å². The maximum atomic E-state index is 11.7. The molecule has 2 N–H and O–H groups in total. The summed E-state index contributed by atoms with van der Waals surface area (Å²) in [4.78, 5) is 25.9. The lowest BCUT2D eigenvalue weighted by atomic mass is 10.2. The average Bonchev–Trinajstić information content (AvgIpc) is 2.93. The van der Waals surface area contributed by atoms with Crippen molar-refractivity contribution in [3.8, 4) is 0 Å². The predicted molar refractivity (Wildman–Crippen MR) is 78.6 cm³/mol. The number of anilines is 1. The quantitative estimate of drug-likeness (QED) is 0.843. The molecular formula is C14H13BrN2O3. The molecule has 0 aliphatic rings. The van der Waals surface area contributed by atoms with Crippen LogP contribution in [0, 0.1) is 6.92 Å². The van der Waals surface area contributed by atoms with Crippen LogP contribution in [0.5, 0.6) is 0 Å². The number of carbonyl (C=O) groups excluding carboxylic acids is 2. The molecule has 2 aromatic rings. The van der Waals surface area contributed by atoms with Crippen LogP contribution in [0.2, 0.25) is 0 Å². The Morgan fingerprint density at radius 1 is 1.35 bits per heavy atom. The van der Waals surface area contributed by atoms with Crippen LogP contribution in [0.15, 0.2) is 41.0 Å². The summed E-state index contributed by atoms with van der Waals surface area (Å²) >= 11 is 3.36. The molecule has 0 unspecified atom stereocenters. The molecule has 0 aliphatic heterocycles. The van der Waals surface area contributed by atoms with Gasteiger partial charge in [-0.3, -0.25) is 4.79 Å². The van der Waals surface area contributed by atoms with E-state index in [4.69, 9.17) is 4.74 Å². The molecule has 0 fully saturated rings. The summed E-state index contributed by atoms with van der Waals surface area (Å²) in [6, 6.07) is 8.81. The number of rotatable bonds is 4. The number of H-pyrrole nitrogens is 1. The fourth-order valence-electron chi connectivity index (χ4n) is 1.57. The number of esters is 1. The van der Waals surface area contributed by atoms with E-state index < -0.39 is 11.9 Å². The van der Waals surface area contributed by atoms with Gasteiger partial charge in [0.25, 0.3) is 5.91 Å². The lowest BCUT2D eigenvalue weighted by Gasteiger charge is -2.08. The number of carbonyl (C=O) groups is 2. The smallest absolute Gasteiger partial charge is 0.355 e. The van der Waals surface area contributed by atoms with Gasteiger partial charge in [0.2, 0.25) is 0 Å². The summed E-state index contributed by atoms with van der Waals surface area (Å²) in [5.41, 5.74) is 2.03. The number of aromatic amines is 1. The molecule has 0 atom stereocenters. The zero-order valence-electron chi connectivity index (χ0n) is 10.8. The first-order valence-electron chi connectivity index (χ1n) is 5.93. The first kappa shape index (κ1) is 14.3. The Kier molecular flexibility index (Phi) is 4.57. The molecule has 0 spiro atoms. The first-order valence-corrected chi connectivity index (χ1v) is 6.72. The van der Waals surface area contributed by atoms with Gasteiger partial charge in [0.1, 0.15) is 5.69 Å². The highest BCUT2D eigenvalue weighted by Gasteiger charge is 2.11. The van der Waals surface area contributed by atoms with Crippen LogP contribution in [-0.2, 0) is 9.53 Å².